The number of aryl methyl sites for hydroxylation is 2. The molecular formula is C11H13ClO3S. The Kier molecular flexibility index (Phi) is 3.40. The highest BCUT2D eigenvalue weighted by molar-refractivity contribution is 8.13. The van der Waals surface area contributed by atoms with Gasteiger partial charge in [0.15, 0.2) is 0 Å². The molecule has 0 fully saturated rings. The minimum absolute atomic E-state index is 0.0196. The Bertz CT molecular complexity index is 482. The first-order valence-corrected chi connectivity index (χ1v) is 7.69. The molecule has 2 rings (SSSR count). The van der Waals surface area contributed by atoms with Crippen molar-refractivity contribution in [1.29, 1.82) is 0 Å². The second-order valence-electron chi connectivity index (χ2n) is 3.89. The van der Waals surface area contributed by atoms with Gasteiger partial charge in [0, 0.05) is 10.7 Å². The van der Waals surface area contributed by atoms with E-state index < -0.39 is 9.05 Å². The molecule has 1 heterocycles. The van der Waals surface area contributed by atoms with Gasteiger partial charge in [-0.15, -0.1) is 0 Å². The molecule has 0 spiro atoms. The molecule has 3 nitrogen and oxygen atoms in total. The Hall–Kier alpha value is -0.740. The van der Waals surface area contributed by atoms with Gasteiger partial charge < -0.3 is 4.74 Å². The number of benzene rings is 1. The van der Waals surface area contributed by atoms with Gasteiger partial charge in [0.05, 0.1) is 12.4 Å². The maximum absolute atomic E-state index is 10.8. The second kappa shape index (κ2) is 4.63. The Morgan fingerprint density at radius 2 is 2.19 bits per heavy atom. The molecule has 0 atom stereocenters. The predicted molar refractivity (Wildman–Crippen MR) is 63.6 cm³/mol. The molecule has 1 aromatic rings. The van der Waals surface area contributed by atoms with Crippen LogP contribution in [0.2, 0.25) is 0 Å². The van der Waals surface area contributed by atoms with Crippen molar-refractivity contribution in [3.05, 3.63) is 29.3 Å². The molecule has 0 amide bonds. The number of rotatable bonds is 3. The highest BCUT2D eigenvalue weighted by Gasteiger charge is 2.11. The van der Waals surface area contributed by atoms with Crippen LogP contribution in [0.3, 0.4) is 0 Å². The summed E-state index contributed by atoms with van der Waals surface area (Å²) in [5.41, 5.74) is 2.16. The zero-order chi connectivity index (χ0) is 11.6. The second-order valence-corrected chi connectivity index (χ2v) is 6.78. The maximum Gasteiger partial charge on any atom is 0.232 e. The summed E-state index contributed by atoms with van der Waals surface area (Å²) in [6.07, 6.45) is 2.47. The topological polar surface area (TPSA) is 43.4 Å². The smallest absolute Gasteiger partial charge is 0.232 e. The molecule has 1 aliphatic rings. The molecule has 5 heteroatoms. The summed E-state index contributed by atoms with van der Waals surface area (Å²) in [6, 6.07) is 5.81. The van der Waals surface area contributed by atoms with Crippen LogP contribution in [0.1, 0.15) is 17.5 Å². The van der Waals surface area contributed by atoms with Gasteiger partial charge in [0.25, 0.3) is 0 Å². The maximum atomic E-state index is 10.8. The standard InChI is InChI=1S/C11H13ClO3S/c12-16(13,14)7-5-9-3-4-11-10(8-9)2-1-6-15-11/h3-4,8H,1-2,5-7H2. The fourth-order valence-corrected chi connectivity index (χ4v) is 2.52. The minimum atomic E-state index is -3.40. The van der Waals surface area contributed by atoms with E-state index in [0.29, 0.717) is 6.42 Å². The molecule has 1 aromatic carbocycles. The third-order valence-electron chi connectivity index (χ3n) is 2.61. The van der Waals surface area contributed by atoms with Crippen molar-refractivity contribution in [3.63, 3.8) is 0 Å². The van der Waals surface area contributed by atoms with E-state index in [9.17, 15) is 8.42 Å². The lowest BCUT2D eigenvalue weighted by atomic mass is 10.0. The first-order valence-electron chi connectivity index (χ1n) is 5.21. The van der Waals surface area contributed by atoms with E-state index in [1.807, 2.05) is 18.2 Å². The van der Waals surface area contributed by atoms with Crippen LogP contribution in [0.4, 0.5) is 0 Å². The summed E-state index contributed by atoms with van der Waals surface area (Å²) < 4.78 is 27.1. The van der Waals surface area contributed by atoms with Crippen LogP contribution in [-0.2, 0) is 21.9 Å². The molecule has 0 N–H and O–H groups in total. The number of hydrogen-bond donors (Lipinski definition) is 0. The van der Waals surface area contributed by atoms with Gasteiger partial charge in [-0.3, -0.25) is 0 Å². The van der Waals surface area contributed by atoms with Gasteiger partial charge in [-0.05, 0) is 36.5 Å². The zero-order valence-corrected chi connectivity index (χ0v) is 10.4. The van der Waals surface area contributed by atoms with Gasteiger partial charge in [-0.1, -0.05) is 12.1 Å². The van der Waals surface area contributed by atoms with Crippen molar-refractivity contribution in [1.82, 2.24) is 0 Å². The normalized spacial score (nSPS) is 15.3. The number of hydrogen-bond acceptors (Lipinski definition) is 3. The van der Waals surface area contributed by atoms with Crippen LogP contribution in [0, 0.1) is 0 Å². The summed E-state index contributed by atoms with van der Waals surface area (Å²) in [5.74, 6) is 0.900. The molecule has 88 valence electrons. The molecule has 0 radical (unpaired) electrons. The van der Waals surface area contributed by atoms with Gasteiger partial charge in [0.1, 0.15) is 5.75 Å². The highest BCUT2D eigenvalue weighted by Crippen LogP contribution is 2.25. The highest BCUT2D eigenvalue weighted by atomic mass is 35.7. The van der Waals surface area contributed by atoms with Gasteiger partial charge in [-0.2, -0.15) is 0 Å². The van der Waals surface area contributed by atoms with E-state index in [-0.39, 0.29) is 5.75 Å². The Morgan fingerprint density at radius 1 is 1.38 bits per heavy atom. The van der Waals surface area contributed by atoms with Crippen molar-refractivity contribution in [2.24, 2.45) is 0 Å². The predicted octanol–water partition coefficient (Wildman–Crippen LogP) is 2.12. The van der Waals surface area contributed by atoms with Crippen molar-refractivity contribution < 1.29 is 13.2 Å². The van der Waals surface area contributed by atoms with E-state index in [0.717, 1.165) is 36.3 Å². The largest absolute Gasteiger partial charge is 0.493 e. The Balaban J connectivity index is 2.11. The molecule has 16 heavy (non-hydrogen) atoms. The van der Waals surface area contributed by atoms with Crippen LogP contribution in [-0.4, -0.2) is 20.8 Å². The number of ether oxygens (including phenoxy) is 1. The molecule has 0 aliphatic carbocycles. The summed E-state index contributed by atoms with van der Waals surface area (Å²) in [4.78, 5) is 0. The third-order valence-corrected chi connectivity index (χ3v) is 3.76. The Morgan fingerprint density at radius 3 is 2.94 bits per heavy atom. The van der Waals surface area contributed by atoms with Gasteiger partial charge in [-0.25, -0.2) is 8.42 Å². The average molecular weight is 261 g/mol. The molecular weight excluding hydrogens is 248 g/mol. The van der Waals surface area contributed by atoms with E-state index >= 15 is 0 Å². The van der Waals surface area contributed by atoms with E-state index in [1.165, 1.54) is 0 Å². The van der Waals surface area contributed by atoms with Gasteiger partial charge >= 0.3 is 0 Å². The van der Waals surface area contributed by atoms with Crippen molar-refractivity contribution in [3.8, 4) is 5.75 Å². The summed E-state index contributed by atoms with van der Waals surface area (Å²) in [6.45, 7) is 0.766. The van der Waals surface area contributed by atoms with Crippen molar-refractivity contribution >= 4 is 19.7 Å². The number of halogens is 1. The van der Waals surface area contributed by atoms with Crippen LogP contribution in [0.5, 0.6) is 5.75 Å². The lowest BCUT2D eigenvalue weighted by Gasteiger charge is -2.17. The van der Waals surface area contributed by atoms with Gasteiger partial charge in [0.2, 0.25) is 9.05 Å². The zero-order valence-electron chi connectivity index (χ0n) is 8.78. The summed E-state index contributed by atoms with van der Waals surface area (Å²) >= 11 is 0. The van der Waals surface area contributed by atoms with Crippen LogP contribution in [0.15, 0.2) is 18.2 Å². The number of fused-ring (bicyclic) bond motifs is 1. The molecule has 0 unspecified atom stereocenters. The summed E-state index contributed by atoms with van der Waals surface area (Å²) in [7, 11) is 1.77. The third kappa shape index (κ3) is 3.12. The van der Waals surface area contributed by atoms with E-state index in [1.54, 1.807) is 0 Å². The van der Waals surface area contributed by atoms with Crippen LogP contribution < -0.4 is 4.74 Å². The SMILES string of the molecule is O=S(=O)(Cl)CCc1ccc2c(c1)CCCO2. The van der Waals surface area contributed by atoms with Crippen LogP contribution >= 0.6 is 10.7 Å². The molecule has 1 aliphatic heterocycles. The summed E-state index contributed by atoms with van der Waals surface area (Å²) in [5, 5.41) is 0. The van der Waals surface area contributed by atoms with Crippen LogP contribution in [0.25, 0.3) is 0 Å². The first kappa shape index (κ1) is 11.7. The average Bonchev–Trinajstić information content (AvgIpc) is 2.25. The van der Waals surface area contributed by atoms with Crippen molar-refractivity contribution in [2.45, 2.75) is 19.3 Å². The fraction of sp³-hybridized carbons (Fsp3) is 0.455. The molecule has 0 bridgehead atoms. The molecule has 0 saturated heterocycles. The monoisotopic (exact) mass is 260 g/mol. The molecule has 0 saturated carbocycles. The first-order chi connectivity index (χ1) is 7.54. The fourth-order valence-electron chi connectivity index (χ4n) is 1.81. The Labute approximate surface area is 99.8 Å². The van der Waals surface area contributed by atoms with E-state index in [2.05, 4.69) is 0 Å². The lowest BCUT2D eigenvalue weighted by Crippen LogP contribution is -2.09. The quantitative estimate of drug-likeness (QED) is 0.782. The lowest BCUT2D eigenvalue weighted by molar-refractivity contribution is 0.288. The minimum Gasteiger partial charge on any atom is -0.493 e. The van der Waals surface area contributed by atoms with E-state index in [4.69, 9.17) is 15.4 Å². The van der Waals surface area contributed by atoms with Crippen molar-refractivity contribution in [2.75, 3.05) is 12.4 Å². The molecule has 0 aromatic heterocycles.